The van der Waals surface area contributed by atoms with Crippen molar-refractivity contribution in [1.82, 2.24) is 14.5 Å². The Morgan fingerprint density at radius 3 is 2.61 bits per heavy atom. The van der Waals surface area contributed by atoms with Gasteiger partial charge in [0.2, 0.25) is 0 Å². The zero-order valence-electron chi connectivity index (χ0n) is 13.1. The number of aromatic nitrogens is 3. The van der Waals surface area contributed by atoms with Crippen LogP contribution in [0, 0.1) is 0 Å². The normalized spacial score (nSPS) is 10.5. The highest BCUT2D eigenvalue weighted by molar-refractivity contribution is 6.06. The van der Waals surface area contributed by atoms with Crippen LogP contribution in [0.25, 0.3) is 0 Å². The number of pyridine rings is 1. The van der Waals surface area contributed by atoms with E-state index in [9.17, 15) is 14.4 Å². The summed E-state index contributed by atoms with van der Waals surface area (Å²) in [6, 6.07) is 3.08. The number of rotatable bonds is 5. The van der Waals surface area contributed by atoms with Gasteiger partial charge >= 0.3 is 5.69 Å². The van der Waals surface area contributed by atoms with E-state index in [0.717, 1.165) is 17.7 Å². The number of nitrogen functional groups attached to an aromatic ring is 1. The van der Waals surface area contributed by atoms with Gasteiger partial charge in [-0.3, -0.25) is 24.1 Å². The third-order valence-electron chi connectivity index (χ3n) is 3.52. The largest absolute Gasteiger partial charge is 0.383 e. The van der Waals surface area contributed by atoms with Crippen molar-refractivity contribution >= 4 is 17.4 Å². The van der Waals surface area contributed by atoms with Gasteiger partial charge in [-0.2, -0.15) is 0 Å². The first kappa shape index (κ1) is 16.5. The maximum Gasteiger partial charge on any atom is 0.330 e. The Balaban J connectivity index is 2.48. The van der Waals surface area contributed by atoms with Crippen LogP contribution in [-0.4, -0.2) is 27.5 Å². The molecule has 2 aromatic rings. The highest BCUT2D eigenvalue weighted by atomic mass is 16.2. The Morgan fingerprint density at radius 1 is 1.35 bits per heavy atom. The fourth-order valence-electron chi connectivity index (χ4n) is 2.23. The number of hydrogen-bond acceptors (Lipinski definition) is 5. The molecule has 2 heterocycles. The van der Waals surface area contributed by atoms with E-state index in [1.807, 2.05) is 6.92 Å². The summed E-state index contributed by atoms with van der Waals surface area (Å²) < 4.78 is 1.27. The van der Waals surface area contributed by atoms with Crippen LogP contribution in [0.4, 0.5) is 11.5 Å². The lowest BCUT2D eigenvalue weighted by molar-refractivity contribution is 0.0992. The predicted molar refractivity (Wildman–Crippen MR) is 87.6 cm³/mol. The van der Waals surface area contributed by atoms with Crippen molar-refractivity contribution in [2.24, 2.45) is 0 Å². The van der Waals surface area contributed by atoms with E-state index in [1.54, 1.807) is 0 Å². The Bertz CT molecular complexity index is 810. The van der Waals surface area contributed by atoms with Gasteiger partial charge in [-0.05, 0) is 18.6 Å². The van der Waals surface area contributed by atoms with Crippen LogP contribution in [0.5, 0.6) is 0 Å². The van der Waals surface area contributed by atoms with Crippen LogP contribution in [-0.2, 0) is 6.54 Å². The molecule has 0 aliphatic carbocycles. The summed E-state index contributed by atoms with van der Waals surface area (Å²) in [4.78, 5) is 43.7. The first-order valence-corrected chi connectivity index (χ1v) is 7.28. The van der Waals surface area contributed by atoms with Crippen molar-refractivity contribution < 1.29 is 4.79 Å². The molecule has 0 atom stereocenters. The number of nitrogens with two attached hydrogens (primary N) is 1. The van der Waals surface area contributed by atoms with E-state index in [1.165, 1.54) is 36.1 Å². The Kier molecular flexibility index (Phi) is 4.95. The molecule has 122 valence electrons. The number of nitrogens with one attached hydrogen (secondary N) is 1. The molecule has 0 unspecified atom stereocenters. The number of carbonyl (C=O) groups is 1. The average molecular weight is 317 g/mol. The van der Waals surface area contributed by atoms with E-state index in [0.29, 0.717) is 12.1 Å². The average Bonchev–Trinajstić information content (AvgIpc) is 2.54. The van der Waals surface area contributed by atoms with Crippen LogP contribution < -0.4 is 21.9 Å². The van der Waals surface area contributed by atoms with E-state index >= 15 is 0 Å². The second-order valence-electron chi connectivity index (χ2n) is 5.10. The molecule has 0 aromatic carbocycles. The molecule has 0 saturated heterocycles. The minimum Gasteiger partial charge on any atom is -0.383 e. The number of anilines is 2. The molecule has 0 saturated carbocycles. The van der Waals surface area contributed by atoms with Crippen molar-refractivity contribution in [1.29, 1.82) is 0 Å². The smallest absolute Gasteiger partial charge is 0.330 e. The lowest BCUT2D eigenvalue weighted by Crippen LogP contribution is -2.39. The van der Waals surface area contributed by atoms with Crippen LogP contribution in [0.15, 0.2) is 34.1 Å². The third-order valence-corrected chi connectivity index (χ3v) is 3.52. The molecule has 8 heteroatoms. The summed E-state index contributed by atoms with van der Waals surface area (Å²) in [5, 5.41) is 0. The number of aromatic amines is 1. The van der Waals surface area contributed by atoms with Gasteiger partial charge in [0.25, 0.3) is 11.5 Å². The fraction of sp³-hybridized carbons (Fsp3) is 0.333. The number of amides is 1. The molecule has 1 amide bonds. The van der Waals surface area contributed by atoms with E-state index in [-0.39, 0.29) is 11.5 Å². The highest BCUT2D eigenvalue weighted by Crippen LogP contribution is 2.17. The van der Waals surface area contributed by atoms with Crippen molar-refractivity contribution in [2.45, 2.75) is 26.3 Å². The second kappa shape index (κ2) is 6.91. The van der Waals surface area contributed by atoms with Crippen molar-refractivity contribution in [3.63, 3.8) is 0 Å². The van der Waals surface area contributed by atoms with E-state index in [4.69, 9.17) is 5.73 Å². The summed E-state index contributed by atoms with van der Waals surface area (Å²) >= 11 is 0. The fourth-order valence-corrected chi connectivity index (χ4v) is 2.23. The van der Waals surface area contributed by atoms with Gasteiger partial charge in [0.05, 0.1) is 0 Å². The topological polar surface area (TPSA) is 114 Å². The molecule has 3 N–H and O–H groups in total. The molecule has 0 spiro atoms. The lowest BCUT2D eigenvalue weighted by Gasteiger charge is -2.20. The van der Waals surface area contributed by atoms with Crippen molar-refractivity contribution in [3.8, 4) is 0 Å². The predicted octanol–water partition coefficient (Wildman–Crippen LogP) is 0.590. The lowest BCUT2D eigenvalue weighted by atomic mass is 10.2. The molecule has 0 bridgehead atoms. The van der Waals surface area contributed by atoms with Gasteiger partial charge in [-0.1, -0.05) is 13.3 Å². The molecular weight excluding hydrogens is 298 g/mol. The minimum absolute atomic E-state index is 0.0166. The summed E-state index contributed by atoms with van der Waals surface area (Å²) in [6.07, 6.45) is 4.57. The first-order chi connectivity index (χ1) is 11.0. The molecule has 23 heavy (non-hydrogen) atoms. The molecule has 0 aliphatic heterocycles. The molecule has 2 rings (SSSR count). The van der Waals surface area contributed by atoms with E-state index < -0.39 is 17.2 Å². The first-order valence-electron chi connectivity index (χ1n) is 7.28. The van der Waals surface area contributed by atoms with Crippen molar-refractivity contribution in [2.75, 3.05) is 17.7 Å². The van der Waals surface area contributed by atoms with E-state index in [2.05, 4.69) is 9.97 Å². The summed E-state index contributed by atoms with van der Waals surface area (Å²) in [7, 11) is 1.44. The Labute approximate surface area is 132 Å². The SMILES string of the molecule is CCCCn1c(N)c(N(C)C(=O)c2ccncc2)c(=O)[nH]c1=O. The van der Waals surface area contributed by atoms with Gasteiger partial charge in [0.1, 0.15) is 5.82 Å². The number of unbranched alkanes of at least 4 members (excludes halogenated alkanes) is 1. The maximum atomic E-state index is 12.5. The van der Waals surface area contributed by atoms with Gasteiger partial charge in [-0.15, -0.1) is 0 Å². The minimum atomic E-state index is -0.690. The zero-order chi connectivity index (χ0) is 17.0. The van der Waals surface area contributed by atoms with Gasteiger partial charge in [0, 0.05) is 31.5 Å². The molecule has 0 fully saturated rings. The second-order valence-corrected chi connectivity index (χ2v) is 5.10. The Morgan fingerprint density at radius 2 is 2.00 bits per heavy atom. The van der Waals surface area contributed by atoms with Crippen molar-refractivity contribution in [3.05, 3.63) is 50.9 Å². The number of H-pyrrole nitrogens is 1. The van der Waals surface area contributed by atoms with Crippen LogP contribution in [0.3, 0.4) is 0 Å². The maximum absolute atomic E-state index is 12.5. The van der Waals surface area contributed by atoms with Gasteiger partial charge in [0.15, 0.2) is 5.69 Å². The monoisotopic (exact) mass is 317 g/mol. The number of nitrogens with zero attached hydrogens (tertiary/aromatic N) is 3. The zero-order valence-corrected chi connectivity index (χ0v) is 13.1. The highest BCUT2D eigenvalue weighted by Gasteiger charge is 2.21. The molecule has 8 nitrogen and oxygen atoms in total. The molecule has 0 radical (unpaired) electrons. The van der Waals surface area contributed by atoms with Crippen LogP contribution >= 0.6 is 0 Å². The third kappa shape index (κ3) is 3.31. The number of carbonyl (C=O) groups excluding carboxylic acids is 1. The van der Waals surface area contributed by atoms with Crippen LogP contribution in [0.2, 0.25) is 0 Å². The summed E-state index contributed by atoms with van der Waals surface area (Å²) in [6.45, 7) is 2.36. The van der Waals surface area contributed by atoms with Gasteiger partial charge < -0.3 is 10.6 Å². The molecule has 2 aromatic heterocycles. The standard InChI is InChI=1S/C15H19N5O3/c1-3-4-9-20-12(16)11(13(21)18-15(20)23)19(2)14(22)10-5-7-17-8-6-10/h5-8H,3-4,9,16H2,1-2H3,(H,18,21,23). The van der Waals surface area contributed by atoms with Gasteiger partial charge in [-0.25, -0.2) is 4.79 Å². The Hall–Kier alpha value is -2.90. The molecule has 0 aliphatic rings. The number of hydrogen-bond donors (Lipinski definition) is 2. The molecular formula is C15H19N5O3. The summed E-state index contributed by atoms with van der Waals surface area (Å²) in [5.74, 6) is -0.428. The quantitative estimate of drug-likeness (QED) is 0.837. The summed E-state index contributed by atoms with van der Waals surface area (Å²) in [5.41, 5.74) is 5.04. The van der Waals surface area contributed by atoms with Crippen LogP contribution in [0.1, 0.15) is 30.1 Å².